The lowest BCUT2D eigenvalue weighted by Gasteiger charge is -2.16. The van der Waals surface area contributed by atoms with E-state index >= 15 is 0 Å². The fourth-order valence-corrected chi connectivity index (χ4v) is 1.60. The Labute approximate surface area is 115 Å². The molecule has 1 atom stereocenters. The van der Waals surface area contributed by atoms with Gasteiger partial charge in [-0.25, -0.2) is 0 Å². The molecule has 1 aromatic carbocycles. The second-order valence-electron chi connectivity index (χ2n) is 4.34. The summed E-state index contributed by atoms with van der Waals surface area (Å²) >= 11 is 0. The van der Waals surface area contributed by atoms with Crippen LogP contribution in [0.15, 0.2) is 30.3 Å². The third kappa shape index (κ3) is 7.10. The largest absolute Gasteiger partial charge is 0.405 e. The van der Waals surface area contributed by atoms with Crippen LogP contribution in [0.5, 0.6) is 0 Å². The molecule has 0 bridgehead atoms. The number of carbonyl (C=O) groups is 1. The van der Waals surface area contributed by atoms with Gasteiger partial charge in [-0.3, -0.25) is 4.79 Å². The monoisotopic (exact) mass is 290 g/mol. The van der Waals surface area contributed by atoms with E-state index in [0.29, 0.717) is 6.42 Å². The number of aliphatic hydroxyl groups is 1. The molecule has 0 spiro atoms. The average molecular weight is 290 g/mol. The number of hydrogen-bond donors (Lipinski definition) is 3. The van der Waals surface area contributed by atoms with E-state index in [1.165, 1.54) is 0 Å². The number of aliphatic hydroxyl groups excluding tert-OH is 1. The Balaban J connectivity index is 2.32. The van der Waals surface area contributed by atoms with Crippen LogP contribution in [-0.2, 0) is 11.2 Å². The number of nitrogens with one attached hydrogen (secondary N) is 2. The normalized spacial score (nSPS) is 13.0. The lowest BCUT2D eigenvalue weighted by Crippen LogP contribution is -2.44. The number of benzene rings is 1. The summed E-state index contributed by atoms with van der Waals surface area (Å²) < 4.78 is 35.7. The Morgan fingerprint density at radius 1 is 1.25 bits per heavy atom. The number of halogens is 3. The minimum absolute atomic E-state index is 0.207. The number of amides is 1. The SMILES string of the molecule is O=C(CNC(CO)Cc1ccccc1)NCC(F)(F)F. The third-order valence-electron chi connectivity index (χ3n) is 2.58. The van der Waals surface area contributed by atoms with Gasteiger partial charge >= 0.3 is 6.18 Å². The van der Waals surface area contributed by atoms with Crippen LogP contribution in [-0.4, -0.2) is 42.9 Å². The molecule has 1 unspecified atom stereocenters. The minimum Gasteiger partial charge on any atom is -0.395 e. The Bertz CT molecular complexity index is 410. The molecular weight excluding hydrogens is 273 g/mol. The first-order valence-electron chi connectivity index (χ1n) is 6.12. The van der Waals surface area contributed by atoms with Gasteiger partial charge in [-0.1, -0.05) is 30.3 Å². The Hall–Kier alpha value is -1.60. The molecule has 0 aliphatic carbocycles. The van der Waals surface area contributed by atoms with Gasteiger partial charge in [0.25, 0.3) is 0 Å². The highest BCUT2D eigenvalue weighted by molar-refractivity contribution is 5.78. The summed E-state index contributed by atoms with van der Waals surface area (Å²) in [6, 6.07) is 8.91. The molecule has 0 saturated heterocycles. The predicted molar refractivity (Wildman–Crippen MR) is 68.1 cm³/mol. The van der Waals surface area contributed by atoms with Crippen molar-refractivity contribution in [3.8, 4) is 0 Å². The first-order valence-corrected chi connectivity index (χ1v) is 6.12. The summed E-state index contributed by atoms with van der Waals surface area (Å²) in [7, 11) is 0. The molecule has 3 N–H and O–H groups in total. The molecule has 0 aliphatic heterocycles. The lowest BCUT2D eigenvalue weighted by atomic mass is 10.1. The van der Waals surface area contributed by atoms with E-state index < -0.39 is 18.6 Å². The fraction of sp³-hybridized carbons (Fsp3) is 0.462. The third-order valence-corrected chi connectivity index (χ3v) is 2.58. The van der Waals surface area contributed by atoms with Gasteiger partial charge < -0.3 is 15.7 Å². The summed E-state index contributed by atoms with van der Waals surface area (Å²) in [6.45, 7) is -1.83. The maximum atomic E-state index is 11.9. The highest BCUT2D eigenvalue weighted by Gasteiger charge is 2.27. The fourth-order valence-electron chi connectivity index (χ4n) is 1.60. The van der Waals surface area contributed by atoms with Gasteiger partial charge in [-0.15, -0.1) is 0 Å². The summed E-state index contributed by atoms with van der Waals surface area (Å²) in [4.78, 5) is 11.2. The summed E-state index contributed by atoms with van der Waals surface area (Å²) in [5, 5.41) is 13.7. The first-order chi connectivity index (χ1) is 9.40. The van der Waals surface area contributed by atoms with Crippen molar-refractivity contribution < 1.29 is 23.1 Å². The second kappa shape index (κ2) is 7.86. The van der Waals surface area contributed by atoms with Crippen molar-refractivity contribution in [1.29, 1.82) is 0 Å². The van der Waals surface area contributed by atoms with E-state index in [1.54, 1.807) is 5.32 Å². The molecule has 20 heavy (non-hydrogen) atoms. The van der Waals surface area contributed by atoms with Crippen molar-refractivity contribution in [2.75, 3.05) is 19.7 Å². The van der Waals surface area contributed by atoms with Crippen molar-refractivity contribution in [1.82, 2.24) is 10.6 Å². The smallest absolute Gasteiger partial charge is 0.395 e. The molecule has 0 aliphatic rings. The summed E-state index contributed by atoms with van der Waals surface area (Å²) in [6.07, 6.45) is -3.93. The number of hydrogen-bond acceptors (Lipinski definition) is 3. The molecule has 1 rings (SSSR count). The molecule has 0 fully saturated rings. The molecule has 0 heterocycles. The van der Waals surface area contributed by atoms with Crippen LogP contribution < -0.4 is 10.6 Å². The molecular formula is C13H17F3N2O2. The van der Waals surface area contributed by atoms with E-state index in [1.807, 2.05) is 30.3 Å². The van der Waals surface area contributed by atoms with Crippen LogP contribution in [0.3, 0.4) is 0 Å². The molecule has 4 nitrogen and oxygen atoms in total. The van der Waals surface area contributed by atoms with Gasteiger partial charge in [0.15, 0.2) is 0 Å². The zero-order valence-electron chi connectivity index (χ0n) is 10.8. The van der Waals surface area contributed by atoms with E-state index in [4.69, 9.17) is 0 Å². The second-order valence-corrected chi connectivity index (χ2v) is 4.34. The van der Waals surface area contributed by atoms with Crippen LogP contribution in [0.25, 0.3) is 0 Å². The van der Waals surface area contributed by atoms with Crippen molar-refractivity contribution in [2.45, 2.75) is 18.6 Å². The maximum absolute atomic E-state index is 11.9. The highest BCUT2D eigenvalue weighted by Crippen LogP contribution is 2.11. The molecule has 1 amide bonds. The van der Waals surface area contributed by atoms with Gasteiger partial charge in [-0.2, -0.15) is 13.2 Å². The van der Waals surface area contributed by atoms with Crippen LogP contribution in [0.1, 0.15) is 5.56 Å². The van der Waals surface area contributed by atoms with Crippen molar-refractivity contribution in [2.24, 2.45) is 0 Å². The van der Waals surface area contributed by atoms with E-state index in [-0.39, 0.29) is 19.2 Å². The highest BCUT2D eigenvalue weighted by atomic mass is 19.4. The Morgan fingerprint density at radius 3 is 2.45 bits per heavy atom. The van der Waals surface area contributed by atoms with Crippen LogP contribution in [0, 0.1) is 0 Å². The van der Waals surface area contributed by atoms with Gasteiger partial charge in [0.2, 0.25) is 5.91 Å². The molecule has 0 saturated carbocycles. The van der Waals surface area contributed by atoms with Gasteiger partial charge in [0.1, 0.15) is 6.54 Å². The van der Waals surface area contributed by atoms with Crippen molar-refractivity contribution >= 4 is 5.91 Å². The predicted octanol–water partition coefficient (Wildman–Crippen LogP) is 0.858. The summed E-state index contributed by atoms with van der Waals surface area (Å²) in [5.41, 5.74) is 0.967. The molecule has 112 valence electrons. The zero-order valence-corrected chi connectivity index (χ0v) is 10.8. The van der Waals surface area contributed by atoms with Gasteiger partial charge in [0, 0.05) is 6.04 Å². The topological polar surface area (TPSA) is 61.4 Å². The molecule has 0 radical (unpaired) electrons. The minimum atomic E-state index is -4.42. The first kappa shape index (κ1) is 16.5. The number of carbonyl (C=O) groups excluding carboxylic acids is 1. The van der Waals surface area contributed by atoms with Crippen molar-refractivity contribution in [3.63, 3.8) is 0 Å². The Kier molecular flexibility index (Phi) is 6.47. The number of alkyl halides is 3. The average Bonchev–Trinajstić information content (AvgIpc) is 2.41. The summed E-state index contributed by atoms with van der Waals surface area (Å²) in [5.74, 6) is -0.756. The van der Waals surface area contributed by atoms with Gasteiger partial charge in [-0.05, 0) is 12.0 Å². The van der Waals surface area contributed by atoms with Crippen LogP contribution in [0.4, 0.5) is 13.2 Å². The van der Waals surface area contributed by atoms with E-state index in [0.717, 1.165) is 5.56 Å². The quantitative estimate of drug-likeness (QED) is 0.698. The van der Waals surface area contributed by atoms with E-state index in [9.17, 15) is 23.1 Å². The number of rotatable bonds is 7. The molecule has 7 heteroatoms. The lowest BCUT2D eigenvalue weighted by molar-refractivity contribution is -0.138. The standard InChI is InChI=1S/C13H17F3N2O2/c14-13(15,16)9-18-12(20)7-17-11(8-19)6-10-4-2-1-3-5-10/h1-5,11,17,19H,6-9H2,(H,18,20). The van der Waals surface area contributed by atoms with Crippen LogP contribution in [0.2, 0.25) is 0 Å². The van der Waals surface area contributed by atoms with E-state index in [2.05, 4.69) is 5.32 Å². The molecule has 0 aromatic heterocycles. The molecule has 1 aromatic rings. The maximum Gasteiger partial charge on any atom is 0.405 e. The van der Waals surface area contributed by atoms with Crippen LogP contribution >= 0.6 is 0 Å². The zero-order chi connectivity index (χ0) is 15.0. The Morgan fingerprint density at radius 2 is 1.90 bits per heavy atom. The van der Waals surface area contributed by atoms with Gasteiger partial charge in [0.05, 0.1) is 13.2 Å². The van der Waals surface area contributed by atoms with Crippen molar-refractivity contribution in [3.05, 3.63) is 35.9 Å².